The lowest BCUT2D eigenvalue weighted by molar-refractivity contribution is 0.198. The van der Waals surface area contributed by atoms with Crippen LogP contribution in [-0.4, -0.2) is 23.2 Å². The fourth-order valence-electron chi connectivity index (χ4n) is 2.99. The average Bonchev–Trinajstić information content (AvgIpc) is 2.47. The van der Waals surface area contributed by atoms with Crippen molar-refractivity contribution in [2.24, 2.45) is 5.41 Å². The Morgan fingerprint density at radius 3 is 2.50 bits per heavy atom. The molecule has 0 saturated carbocycles. The van der Waals surface area contributed by atoms with E-state index in [4.69, 9.17) is 0 Å². The Hall–Kier alpha value is -1.09. The highest BCUT2D eigenvalue weighted by Crippen LogP contribution is 2.39. The van der Waals surface area contributed by atoms with Crippen molar-refractivity contribution in [3.8, 4) is 0 Å². The molecule has 1 fully saturated rings. The summed E-state index contributed by atoms with van der Waals surface area (Å²) in [5, 5.41) is 9.38. The van der Waals surface area contributed by atoms with Crippen molar-refractivity contribution < 1.29 is 5.11 Å². The lowest BCUT2D eigenvalue weighted by Crippen LogP contribution is -2.40. The van der Waals surface area contributed by atoms with Gasteiger partial charge in [-0.15, -0.1) is 0 Å². The molecular weight excluding hydrogens is 224 g/mol. The van der Waals surface area contributed by atoms with Crippen LogP contribution in [0.5, 0.6) is 0 Å². The zero-order valence-corrected chi connectivity index (χ0v) is 11.5. The van der Waals surface area contributed by atoms with E-state index in [2.05, 4.69) is 23.7 Å². The van der Waals surface area contributed by atoms with Gasteiger partial charge in [0, 0.05) is 24.8 Å². The van der Waals surface area contributed by atoms with Crippen LogP contribution >= 0.6 is 0 Å². The van der Waals surface area contributed by atoms with Gasteiger partial charge in [0.2, 0.25) is 0 Å². The molecule has 2 heterocycles. The van der Waals surface area contributed by atoms with Crippen LogP contribution in [0, 0.1) is 5.41 Å². The second kappa shape index (κ2) is 5.70. The van der Waals surface area contributed by atoms with E-state index in [-0.39, 0.29) is 6.61 Å². The summed E-state index contributed by atoms with van der Waals surface area (Å²) in [6.45, 7) is 6.81. The molecule has 100 valence electrons. The van der Waals surface area contributed by atoms with E-state index in [9.17, 15) is 5.11 Å². The molecular formula is C15H24N2O. The zero-order chi connectivity index (χ0) is 13.0. The summed E-state index contributed by atoms with van der Waals surface area (Å²) in [5.41, 5.74) is 1.47. The van der Waals surface area contributed by atoms with Crippen LogP contribution in [-0.2, 0) is 6.61 Å². The molecule has 3 heteroatoms. The Kier molecular flexibility index (Phi) is 4.23. The summed E-state index contributed by atoms with van der Waals surface area (Å²) >= 11 is 0. The highest BCUT2D eigenvalue weighted by molar-refractivity contribution is 5.46. The SMILES string of the molecule is CCC1(CC)CCN(c2ncccc2CO)CC1. The first-order valence-corrected chi connectivity index (χ1v) is 7.04. The molecule has 0 atom stereocenters. The van der Waals surface area contributed by atoms with Crippen molar-refractivity contribution in [3.05, 3.63) is 23.9 Å². The van der Waals surface area contributed by atoms with Crippen LogP contribution in [0.1, 0.15) is 45.1 Å². The number of anilines is 1. The van der Waals surface area contributed by atoms with E-state index in [1.165, 1.54) is 25.7 Å². The average molecular weight is 248 g/mol. The van der Waals surface area contributed by atoms with Crippen LogP contribution in [0.4, 0.5) is 5.82 Å². The molecule has 18 heavy (non-hydrogen) atoms. The number of piperidine rings is 1. The quantitative estimate of drug-likeness (QED) is 0.890. The summed E-state index contributed by atoms with van der Waals surface area (Å²) in [4.78, 5) is 6.77. The molecule has 0 aliphatic carbocycles. The molecule has 0 unspecified atom stereocenters. The Morgan fingerprint density at radius 1 is 1.28 bits per heavy atom. The van der Waals surface area contributed by atoms with E-state index in [1.54, 1.807) is 0 Å². The number of rotatable bonds is 4. The van der Waals surface area contributed by atoms with E-state index < -0.39 is 0 Å². The molecule has 0 aromatic carbocycles. The third kappa shape index (κ3) is 2.51. The highest BCUT2D eigenvalue weighted by atomic mass is 16.3. The number of aliphatic hydroxyl groups is 1. The van der Waals surface area contributed by atoms with Crippen molar-refractivity contribution in [3.63, 3.8) is 0 Å². The molecule has 1 aliphatic rings. The standard InChI is InChI=1S/C15H24N2O/c1-3-15(4-2)7-10-17(11-8-15)14-13(12-18)6-5-9-16-14/h5-6,9,18H,3-4,7-8,10-12H2,1-2H3. The summed E-state index contributed by atoms with van der Waals surface area (Å²) in [5.74, 6) is 0.973. The van der Waals surface area contributed by atoms with Crippen molar-refractivity contribution in [1.82, 2.24) is 4.98 Å². The van der Waals surface area contributed by atoms with Gasteiger partial charge in [0.25, 0.3) is 0 Å². The second-order valence-electron chi connectivity index (χ2n) is 5.34. The monoisotopic (exact) mass is 248 g/mol. The summed E-state index contributed by atoms with van der Waals surface area (Å²) < 4.78 is 0. The third-order valence-corrected chi connectivity index (χ3v) is 4.66. The number of aliphatic hydroxyl groups excluding tert-OH is 1. The van der Waals surface area contributed by atoms with Crippen molar-refractivity contribution in [2.75, 3.05) is 18.0 Å². The summed E-state index contributed by atoms with van der Waals surface area (Å²) in [6, 6.07) is 3.85. The predicted molar refractivity (Wildman–Crippen MR) is 74.6 cm³/mol. The number of nitrogens with zero attached hydrogens (tertiary/aromatic N) is 2. The number of pyridine rings is 1. The Labute approximate surface area is 110 Å². The van der Waals surface area contributed by atoms with Crippen molar-refractivity contribution >= 4 is 5.82 Å². The normalized spacial score (nSPS) is 18.9. The largest absolute Gasteiger partial charge is 0.392 e. The fraction of sp³-hybridized carbons (Fsp3) is 0.667. The van der Waals surface area contributed by atoms with Crippen LogP contribution in [0.2, 0.25) is 0 Å². The number of hydrogen-bond donors (Lipinski definition) is 1. The number of aromatic nitrogens is 1. The first-order chi connectivity index (χ1) is 8.74. The molecule has 0 radical (unpaired) electrons. The Morgan fingerprint density at radius 2 is 1.94 bits per heavy atom. The molecule has 0 bridgehead atoms. The minimum Gasteiger partial charge on any atom is -0.392 e. The lowest BCUT2D eigenvalue weighted by Gasteiger charge is -2.41. The topological polar surface area (TPSA) is 36.4 Å². The maximum Gasteiger partial charge on any atom is 0.134 e. The van der Waals surface area contributed by atoms with E-state index in [0.717, 1.165) is 24.5 Å². The van der Waals surface area contributed by atoms with Gasteiger partial charge < -0.3 is 10.0 Å². The predicted octanol–water partition coefficient (Wildman–Crippen LogP) is 2.98. The maximum atomic E-state index is 9.38. The summed E-state index contributed by atoms with van der Waals surface area (Å²) in [6.07, 6.45) is 6.83. The van der Waals surface area contributed by atoms with E-state index in [1.807, 2.05) is 18.3 Å². The first kappa shape index (κ1) is 13.3. The minimum absolute atomic E-state index is 0.0758. The fourth-order valence-corrected chi connectivity index (χ4v) is 2.99. The van der Waals surface area contributed by atoms with Crippen LogP contribution < -0.4 is 4.90 Å². The van der Waals surface area contributed by atoms with Gasteiger partial charge in [-0.05, 0) is 24.3 Å². The van der Waals surface area contributed by atoms with Gasteiger partial charge in [-0.1, -0.05) is 32.8 Å². The van der Waals surface area contributed by atoms with Gasteiger partial charge >= 0.3 is 0 Å². The van der Waals surface area contributed by atoms with Crippen molar-refractivity contribution in [1.29, 1.82) is 0 Å². The smallest absolute Gasteiger partial charge is 0.134 e. The maximum absolute atomic E-state index is 9.38. The van der Waals surface area contributed by atoms with Gasteiger partial charge in [-0.2, -0.15) is 0 Å². The van der Waals surface area contributed by atoms with Gasteiger partial charge in [-0.3, -0.25) is 0 Å². The van der Waals surface area contributed by atoms with Gasteiger partial charge in [0.15, 0.2) is 0 Å². The molecule has 0 amide bonds. The Balaban J connectivity index is 2.10. The molecule has 1 saturated heterocycles. The molecule has 3 nitrogen and oxygen atoms in total. The molecule has 1 aliphatic heterocycles. The highest BCUT2D eigenvalue weighted by Gasteiger charge is 2.31. The van der Waals surface area contributed by atoms with Gasteiger partial charge in [-0.25, -0.2) is 4.98 Å². The molecule has 1 aromatic heterocycles. The summed E-state index contributed by atoms with van der Waals surface area (Å²) in [7, 11) is 0. The Bertz CT molecular complexity index is 378. The van der Waals surface area contributed by atoms with Crippen molar-refractivity contribution in [2.45, 2.75) is 46.1 Å². The molecule has 1 aromatic rings. The molecule has 2 rings (SSSR count). The minimum atomic E-state index is 0.0758. The zero-order valence-electron chi connectivity index (χ0n) is 11.5. The van der Waals surface area contributed by atoms with Crippen LogP contribution in [0.25, 0.3) is 0 Å². The second-order valence-corrected chi connectivity index (χ2v) is 5.34. The molecule has 1 N–H and O–H groups in total. The first-order valence-electron chi connectivity index (χ1n) is 7.04. The molecule has 0 spiro atoms. The van der Waals surface area contributed by atoms with Crippen LogP contribution in [0.3, 0.4) is 0 Å². The van der Waals surface area contributed by atoms with Crippen LogP contribution in [0.15, 0.2) is 18.3 Å². The lowest BCUT2D eigenvalue weighted by atomic mass is 9.74. The van der Waals surface area contributed by atoms with E-state index in [0.29, 0.717) is 5.41 Å². The third-order valence-electron chi connectivity index (χ3n) is 4.66. The van der Waals surface area contributed by atoms with E-state index >= 15 is 0 Å². The van der Waals surface area contributed by atoms with Gasteiger partial charge in [0.05, 0.1) is 6.61 Å². The number of hydrogen-bond acceptors (Lipinski definition) is 3. The van der Waals surface area contributed by atoms with Gasteiger partial charge in [0.1, 0.15) is 5.82 Å².